The minimum absolute atomic E-state index is 0.0385. The van der Waals surface area contributed by atoms with Gasteiger partial charge in [-0.15, -0.1) is 0 Å². The molecule has 0 radical (unpaired) electrons. The van der Waals surface area contributed by atoms with Crippen molar-refractivity contribution in [3.05, 3.63) is 39.9 Å². The maximum atomic E-state index is 12.3. The van der Waals surface area contributed by atoms with Gasteiger partial charge in [-0.05, 0) is 6.92 Å². The molecule has 0 heterocycles. The van der Waals surface area contributed by atoms with E-state index >= 15 is 0 Å². The molecule has 1 N–H and O–H groups in total. The Hall–Kier alpha value is -1.13. The Morgan fingerprint density at radius 1 is 1.39 bits per heavy atom. The zero-order valence-corrected chi connectivity index (χ0v) is 14.6. The van der Waals surface area contributed by atoms with Crippen LogP contribution in [-0.4, -0.2) is 37.9 Å². The van der Waals surface area contributed by atoms with Gasteiger partial charge in [0.05, 0.1) is 4.92 Å². The highest BCUT2D eigenvalue weighted by molar-refractivity contribution is 7.95. The first-order valence-electron chi connectivity index (χ1n) is 5.92. The number of carbonyl (C=O) groups is 1. The molecule has 1 rings (SSSR count). The number of para-hydroxylation sites is 1. The quantitative estimate of drug-likeness (QED) is 0.441. The Labute approximate surface area is 146 Å². The lowest BCUT2D eigenvalue weighted by molar-refractivity contribution is -0.385. The molecule has 0 aliphatic carbocycles. The second kappa shape index (κ2) is 7.18. The number of rotatable bonds is 6. The van der Waals surface area contributed by atoms with Crippen LogP contribution in [0.2, 0.25) is 0 Å². The van der Waals surface area contributed by atoms with Gasteiger partial charge in [0.15, 0.2) is 0 Å². The van der Waals surface area contributed by atoms with Gasteiger partial charge in [0.25, 0.3) is 15.7 Å². The van der Waals surface area contributed by atoms with Crippen LogP contribution in [-0.2, 0) is 21.4 Å². The maximum absolute atomic E-state index is 12.3. The summed E-state index contributed by atoms with van der Waals surface area (Å²) in [7, 11) is -4.70. The van der Waals surface area contributed by atoms with Gasteiger partial charge in [-0.1, -0.05) is 53.0 Å². The van der Waals surface area contributed by atoms with E-state index in [1.54, 1.807) is 0 Å². The second-order valence-electron chi connectivity index (χ2n) is 4.40. The van der Waals surface area contributed by atoms with Crippen LogP contribution < -0.4 is 0 Å². The zero-order chi connectivity index (χ0) is 18.0. The summed E-state index contributed by atoms with van der Waals surface area (Å²) in [4.78, 5) is 21.4. The number of hydrogen-bond donors (Lipinski definition) is 1. The molecule has 23 heavy (non-hydrogen) atoms. The molecular weight excluding hydrogens is 395 g/mol. The summed E-state index contributed by atoms with van der Waals surface area (Å²) in [6.45, 7) is 0.423. The Bertz CT molecular complexity index is 719. The number of alkyl halides is 3. The van der Waals surface area contributed by atoms with Crippen molar-refractivity contribution in [3.63, 3.8) is 0 Å². The summed E-state index contributed by atoms with van der Waals surface area (Å²) in [5.41, 5.74) is -0.418. The molecule has 0 aliphatic heterocycles. The van der Waals surface area contributed by atoms with Crippen molar-refractivity contribution in [2.24, 2.45) is 0 Å². The van der Waals surface area contributed by atoms with Crippen molar-refractivity contribution >= 4 is 56.5 Å². The van der Waals surface area contributed by atoms with Crippen molar-refractivity contribution in [3.8, 4) is 0 Å². The van der Waals surface area contributed by atoms with Gasteiger partial charge < -0.3 is 5.11 Å². The van der Waals surface area contributed by atoms with E-state index < -0.39 is 36.6 Å². The number of carboxylic acid groups (broad SMARTS) is 1. The predicted molar refractivity (Wildman–Crippen MR) is 84.9 cm³/mol. The monoisotopic (exact) mass is 404 g/mol. The van der Waals surface area contributed by atoms with Gasteiger partial charge >= 0.3 is 9.09 Å². The minimum Gasteiger partial charge on any atom is -0.480 e. The zero-order valence-electron chi connectivity index (χ0n) is 11.5. The molecule has 0 saturated carbocycles. The lowest BCUT2D eigenvalue weighted by Gasteiger charge is -2.28. The molecule has 0 aliphatic rings. The molecule has 1 atom stereocenters. The van der Waals surface area contributed by atoms with E-state index in [1.165, 1.54) is 18.2 Å². The minimum atomic E-state index is -4.70. The Morgan fingerprint density at radius 2 is 1.91 bits per heavy atom. The lowest BCUT2D eigenvalue weighted by Crippen LogP contribution is -2.47. The van der Waals surface area contributed by atoms with E-state index in [1.807, 2.05) is 0 Å². The fraction of sp³-hybridized carbons (Fsp3) is 0.364. The van der Waals surface area contributed by atoms with Crippen LogP contribution in [0, 0.1) is 10.1 Å². The number of nitro groups is 1. The highest BCUT2D eigenvalue weighted by atomic mass is 35.6. The Kier molecular flexibility index (Phi) is 6.22. The summed E-state index contributed by atoms with van der Waals surface area (Å²) >= 11 is 16.2. The van der Waals surface area contributed by atoms with E-state index in [-0.39, 0.29) is 11.3 Å². The normalized spacial score (nSPS) is 13.8. The van der Waals surface area contributed by atoms with E-state index in [0.717, 1.165) is 13.0 Å². The lowest BCUT2D eigenvalue weighted by atomic mass is 10.1. The summed E-state index contributed by atoms with van der Waals surface area (Å²) < 4.78 is 22.1. The number of nitrogens with zero attached hydrogens (tertiary/aromatic N) is 2. The van der Waals surface area contributed by atoms with Crippen molar-refractivity contribution in [2.75, 3.05) is 0 Å². The molecule has 0 unspecified atom stereocenters. The molecule has 0 spiro atoms. The fourth-order valence-electron chi connectivity index (χ4n) is 1.68. The molecule has 0 saturated heterocycles. The summed E-state index contributed by atoms with van der Waals surface area (Å²) in [6, 6.07) is 3.66. The molecule has 0 fully saturated rings. The number of halogens is 3. The van der Waals surface area contributed by atoms with Crippen LogP contribution in [0.15, 0.2) is 24.3 Å². The molecule has 8 nitrogen and oxygen atoms in total. The second-order valence-corrected chi connectivity index (χ2v) is 9.38. The SMILES string of the molecule is C[C@@H](C(=O)O)N(Cc1ccccc1[N+](=O)[O-])S(=O)(=O)C(Cl)(Cl)Cl. The molecule has 1 aromatic carbocycles. The third-order valence-corrected chi connectivity index (χ3v) is 6.31. The summed E-state index contributed by atoms with van der Waals surface area (Å²) in [5.74, 6) is -1.50. The number of hydrogen-bond acceptors (Lipinski definition) is 5. The van der Waals surface area contributed by atoms with Crippen LogP contribution in [0.3, 0.4) is 0 Å². The Morgan fingerprint density at radius 3 is 2.35 bits per heavy atom. The smallest absolute Gasteiger partial charge is 0.321 e. The predicted octanol–water partition coefficient (Wildman–Crippen LogP) is 2.53. The number of aliphatic carboxylic acids is 1. The van der Waals surface area contributed by atoms with Crippen molar-refractivity contribution in [2.45, 2.75) is 22.6 Å². The van der Waals surface area contributed by atoms with Gasteiger partial charge in [0.2, 0.25) is 0 Å². The van der Waals surface area contributed by atoms with Crippen molar-refractivity contribution in [1.29, 1.82) is 0 Å². The maximum Gasteiger partial charge on any atom is 0.321 e. The first-order chi connectivity index (χ1) is 10.4. The highest BCUT2D eigenvalue weighted by Crippen LogP contribution is 2.37. The van der Waals surface area contributed by atoms with Gasteiger partial charge in [0, 0.05) is 18.2 Å². The number of benzene rings is 1. The highest BCUT2D eigenvalue weighted by Gasteiger charge is 2.46. The summed E-state index contributed by atoms with van der Waals surface area (Å²) in [5, 5.41) is 20.1. The van der Waals surface area contributed by atoms with Crippen molar-refractivity contribution in [1.82, 2.24) is 4.31 Å². The standard InChI is InChI=1S/C11H11Cl3N2O6S/c1-7(10(17)18)15(23(21,22)11(12,13)14)6-8-4-2-3-5-9(8)16(19)20/h2-5,7H,6H2,1H3,(H,17,18)/t7-/m0/s1. The van der Waals surface area contributed by atoms with E-state index in [2.05, 4.69) is 0 Å². The molecule has 0 aromatic heterocycles. The molecule has 1 aromatic rings. The molecule has 128 valence electrons. The number of sulfonamides is 1. The summed E-state index contributed by atoms with van der Waals surface area (Å²) in [6.07, 6.45) is 0. The number of carboxylic acids is 1. The molecule has 0 amide bonds. The van der Waals surface area contributed by atoms with Crippen LogP contribution in [0.5, 0.6) is 0 Å². The average molecular weight is 406 g/mol. The van der Waals surface area contributed by atoms with Crippen LogP contribution in [0.4, 0.5) is 5.69 Å². The average Bonchev–Trinajstić information content (AvgIpc) is 2.42. The largest absolute Gasteiger partial charge is 0.480 e. The van der Waals surface area contributed by atoms with Crippen LogP contribution >= 0.6 is 34.8 Å². The van der Waals surface area contributed by atoms with Crippen LogP contribution in [0.25, 0.3) is 0 Å². The molecule has 12 heteroatoms. The van der Waals surface area contributed by atoms with E-state index in [9.17, 15) is 23.3 Å². The third kappa shape index (κ3) is 4.45. The van der Waals surface area contributed by atoms with Gasteiger partial charge in [-0.2, -0.15) is 4.31 Å². The molecule has 0 bridgehead atoms. The topological polar surface area (TPSA) is 118 Å². The Balaban J connectivity index is 3.40. The van der Waals surface area contributed by atoms with Gasteiger partial charge in [0.1, 0.15) is 6.04 Å². The third-order valence-electron chi connectivity index (χ3n) is 2.91. The first kappa shape index (κ1) is 19.9. The van der Waals surface area contributed by atoms with Gasteiger partial charge in [-0.3, -0.25) is 14.9 Å². The van der Waals surface area contributed by atoms with Crippen molar-refractivity contribution < 1.29 is 23.2 Å². The van der Waals surface area contributed by atoms with Crippen LogP contribution in [0.1, 0.15) is 12.5 Å². The number of nitro benzene ring substituents is 1. The fourth-order valence-corrected chi connectivity index (χ4v) is 3.56. The molecular formula is C11H11Cl3N2O6S. The van der Waals surface area contributed by atoms with E-state index in [4.69, 9.17) is 39.9 Å². The van der Waals surface area contributed by atoms with Gasteiger partial charge in [-0.25, -0.2) is 8.42 Å². The first-order valence-corrected chi connectivity index (χ1v) is 8.50. The van der Waals surface area contributed by atoms with E-state index in [0.29, 0.717) is 4.31 Å².